The first kappa shape index (κ1) is 30.1. The van der Waals surface area contributed by atoms with Gasteiger partial charge in [0.15, 0.2) is 5.72 Å². The summed E-state index contributed by atoms with van der Waals surface area (Å²) in [5.41, 5.74) is 7.17. The number of aromatic nitrogens is 1. The third-order valence-electron chi connectivity index (χ3n) is 10.7. The number of rotatable bonds is 7. The molecule has 2 aromatic rings. The van der Waals surface area contributed by atoms with Crippen molar-refractivity contribution >= 4 is 34.4 Å². The predicted octanol–water partition coefficient (Wildman–Crippen LogP) is 4.97. The number of hydrogen-bond acceptors (Lipinski definition) is 6. The minimum absolute atomic E-state index is 0.0422. The highest BCUT2D eigenvalue weighted by molar-refractivity contribution is 6.02. The van der Waals surface area contributed by atoms with Crippen molar-refractivity contribution < 1.29 is 28.2 Å². The van der Waals surface area contributed by atoms with Crippen LogP contribution in [0.2, 0.25) is 0 Å². The van der Waals surface area contributed by atoms with Crippen LogP contribution in [0.3, 0.4) is 0 Å². The maximum atomic E-state index is 14.1. The first-order valence-electron chi connectivity index (χ1n) is 16.0. The molecule has 4 aliphatic rings. The molecule has 2 saturated carbocycles. The van der Waals surface area contributed by atoms with Gasteiger partial charge in [0.1, 0.15) is 18.4 Å². The lowest BCUT2D eigenvalue weighted by Crippen LogP contribution is -2.50. The van der Waals surface area contributed by atoms with Crippen molar-refractivity contribution in [1.82, 2.24) is 9.47 Å². The Morgan fingerprint density at radius 3 is 2.49 bits per heavy atom. The van der Waals surface area contributed by atoms with Gasteiger partial charge in [-0.05, 0) is 114 Å². The van der Waals surface area contributed by atoms with Gasteiger partial charge >= 0.3 is 5.97 Å². The average molecular weight is 597 g/mol. The number of amides is 2. The number of nitrogens with two attached hydrogens (primary N) is 1. The molecule has 1 saturated heterocycles. The van der Waals surface area contributed by atoms with E-state index < -0.39 is 24.5 Å². The van der Waals surface area contributed by atoms with Crippen LogP contribution in [0.1, 0.15) is 82.1 Å². The number of halogens is 1. The van der Waals surface area contributed by atoms with Crippen LogP contribution in [0.5, 0.6) is 0 Å². The Hall–Kier alpha value is -2.98. The molecule has 3 fully saturated rings. The number of anilines is 1. The highest BCUT2D eigenvalue weighted by atomic mass is 19.1. The van der Waals surface area contributed by atoms with Crippen LogP contribution in [0.15, 0.2) is 24.3 Å². The third kappa shape index (κ3) is 5.57. The zero-order valence-corrected chi connectivity index (χ0v) is 25.5. The number of likely N-dealkylation sites (tertiary alicyclic amines) is 1. The van der Waals surface area contributed by atoms with Crippen LogP contribution in [0.25, 0.3) is 10.9 Å². The van der Waals surface area contributed by atoms with E-state index in [1.165, 1.54) is 0 Å². The number of cyclic esters (lactones) is 1. The third-order valence-corrected chi connectivity index (χ3v) is 10.7. The number of esters is 1. The van der Waals surface area contributed by atoms with Crippen LogP contribution >= 0.6 is 0 Å². The molecule has 10 heteroatoms. The largest absolute Gasteiger partial charge is 0.434 e. The maximum absolute atomic E-state index is 14.1. The molecule has 2 amide bonds. The zero-order chi connectivity index (χ0) is 30.5. The van der Waals surface area contributed by atoms with Crippen LogP contribution in [-0.2, 0) is 24.8 Å². The van der Waals surface area contributed by atoms with Gasteiger partial charge in [-0.15, -0.1) is 0 Å². The van der Waals surface area contributed by atoms with E-state index in [9.17, 15) is 18.8 Å². The van der Waals surface area contributed by atoms with Crippen LogP contribution in [0, 0.1) is 23.7 Å². The number of carbonyl (C=O) groups excluding carboxylic acids is 3. The van der Waals surface area contributed by atoms with E-state index in [-0.39, 0.29) is 41.6 Å². The molecule has 3 N–H and O–H groups in total. The molecule has 0 bridgehead atoms. The summed E-state index contributed by atoms with van der Waals surface area (Å²) in [5, 5.41) is 3.98. The lowest BCUT2D eigenvalue weighted by Gasteiger charge is -2.37. The molecule has 6 rings (SSSR count). The van der Waals surface area contributed by atoms with Crippen molar-refractivity contribution in [3.05, 3.63) is 30.0 Å². The highest BCUT2D eigenvalue weighted by Crippen LogP contribution is 2.42. The summed E-state index contributed by atoms with van der Waals surface area (Å²) in [4.78, 5) is 42.4. The Morgan fingerprint density at radius 1 is 1.09 bits per heavy atom. The molecule has 234 valence electrons. The normalized spacial score (nSPS) is 31.1. The van der Waals surface area contributed by atoms with Crippen molar-refractivity contribution in [2.45, 2.75) is 95.5 Å². The van der Waals surface area contributed by atoms with E-state index in [0.717, 1.165) is 55.8 Å². The molecule has 0 radical (unpaired) electrons. The molecule has 3 heterocycles. The summed E-state index contributed by atoms with van der Waals surface area (Å²) in [6.45, 7) is 3.73. The summed E-state index contributed by atoms with van der Waals surface area (Å²) in [6, 6.07) is 6.42. The molecular weight excluding hydrogens is 551 g/mol. The second-order valence-electron chi connectivity index (χ2n) is 13.6. The second-order valence-corrected chi connectivity index (χ2v) is 13.6. The standard InChI is InChI=1S/C33H45FN4O5/c1-33(2)38-27-13-10-23(16-22(27)17-28(38)32(41)43-33)36-30(39)29-25(19-8-11-24(42-3)12-9-19)14-15-37(29)31(40)21-6-4-20(5-7-21)26(35)18-34/h10,13,16-17,19-21,24-26,29H,4-9,11-12,14-15,18,35H2,1-3H3,(H,36,39)/t19-,20-,21-,24-,25-,26+,29-/m0/s1. The Kier molecular flexibility index (Phi) is 8.28. The van der Waals surface area contributed by atoms with E-state index in [1.807, 2.05) is 41.5 Å². The van der Waals surface area contributed by atoms with E-state index >= 15 is 0 Å². The van der Waals surface area contributed by atoms with Gasteiger partial charge < -0.3 is 25.4 Å². The second kappa shape index (κ2) is 11.8. The van der Waals surface area contributed by atoms with E-state index in [1.54, 1.807) is 13.2 Å². The van der Waals surface area contributed by atoms with Crippen molar-refractivity contribution in [3.8, 4) is 0 Å². The average Bonchev–Trinajstić information content (AvgIpc) is 3.68. The quantitative estimate of drug-likeness (QED) is 0.436. The number of nitrogens with one attached hydrogen (secondary N) is 1. The molecule has 0 spiro atoms. The fourth-order valence-electron chi connectivity index (χ4n) is 8.36. The molecule has 43 heavy (non-hydrogen) atoms. The molecule has 1 aromatic carbocycles. The number of hydrogen-bond donors (Lipinski definition) is 2. The lowest BCUT2D eigenvalue weighted by molar-refractivity contribution is -0.142. The van der Waals surface area contributed by atoms with Crippen LogP contribution in [-0.4, -0.2) is 65.8 Å². The molecule has 2 aliphatic heterocycles. The number of ether oxygens (including phenoxy) is 2. The van der Waals surface area contributed by atoms with Gasteiger partial charge in [0.05, 0.1) is 11.6 Å². The molecule has 1 aromatic heterocycles. The summed E-state index contributed by atoms with van der Waals surface area (Å²) in [6.07, 6.45) is 7.79. The lowest BCUT2D eigenvalue weighted by atomic mass is 9.75. The summed E-state index contributed by atoms with van der Waals surface area (Å²) < 4.78 is 26.2. The number of benzene rings is 1. The molecular formula is C33H45FN4O5. The molecule has 3 atom stereocenters. The monoisotopic (exact) mass is 596 g/mol. The number of nitrogens with zero attached hydrogens (tertiary/aromatic N) is 2. The van der Waals surface area contributed by atoms with Crippen LogP contribution < -0.4 is 11.1 Å². The summed E-state index contributed by atoms with van der Waals surface area (Å²) in [5.74, 6) is -0.111. The summed E-state index contributed by atoms with van der Waals surface area (Å²) in [7, 11) is 1.76. The van der Waals surface area contributed by atoms with Gasteiger partial charge in [0.2, 0.25) is 11.8 Å². The summed E-state index contributed by atoms with van der Waals surface area (Å²) >= 11 is 0. The molecule has 0 unspecified atom stereocenters. The van der Waals surface area contributed by atoms with Gasteiger partial charge in [-0.3, -0.25) is 14.2 Å². The fraction of sp³-hybridized carbons (Fsp3) is 0.667. The predicted molar refractivity (Wildman–Crippen MR) is 161 cm³/mol. The first-order chi connectivity index (χ1) is 20.6. The van der Waals surface area contributed by atoms with Gasteiger partial charge in [0, 0.05) is 36.7 Å². The fourth-order valence-corrected chi connectivity index (χ4v) is 8.36. The number of fused-ring (bicyclic) bond motifs is 3. The van der Waals surface area contributed by atoms with Crippen molar-refractivity contribution in [2.75, 3.05) is 25.6 Å². The van der Waals surface area contributed by atoms with E-state index in [2.05, 4.69) is 5.32 Å². The van der Waals surface area contributed by atoms with Crippen molar-refractivity contribution in [3.63, 3.8) is 0 Å². The van der Waals surface area contributed by atoms with E-state index in [4.69, 9.17) is 15.2 Å². The minimum atomic E-state index is -0.783. The van der Waals surface area contributed by atoms with Crippen molar-refractivity contribution in [2.24, 2.45) is 29.4 Å². The van der Waals surface area contributed by atoms with Gasteiger partial charge in [0.25, 0.3) is 0 Å². The van der Waals surface area contributed by atoms with E-state index in [0.29, 0.717) is 36.7 Å². The smallest absolute Gasteiger partial charge is 0.357 e. The Morgan fingerprint density at radius 2 is 1.81 bits per heavy atom. The number of methoxy groups -OCH3 is 1. The molecule has 2 aliphatic carbocycles. The minimum Gasteiger partial charge on any atom is -0.434 e. The number of alkyl halides is 1. The zero-order valence-electron chi connectivity index (χ0n) is 25.5. The first-order valence-corrected chi connectivity index (χ1v) is 16.0. The SMILES string of the molecule is CO[C@H]1CC[C@H]([C@@H]2CCN(C(=O)[C@H]3CC[C@H]([C@H](N)CF)CC3)[C@@H]2C(=O)Nc2ccc3c(c2)cc2n3C(C)(C)OC2=O)CC1. The maximum Gasteiger partial charge on any atom is 0.357 e. The Labute approximate surface area is 252 Å². The Balaban J connectivity index is 1.22. The van der Waals surface area contributed by atoms with Gasteiger partial charge in [-0.25, -0.2) is 9.18 Å². The van der Waals surface area contributed by atoms with Crippen LogP contribution in [0.4, 0.5) is 10.1 Å². The highest BCUT2D eigenvalue weighted by Gasteiger charge is 2.47. The topological polar surface area (TPSA) is 116 Å². The Bertz CT molecular complexity index is 1370. The van der Waals surface area contributed by atoms with Gasteiger partial charge in [-0.2, -0.15) is 0 Å². The number of carbonyl (C=O) groups is 3. The van der Waals surface area contributed by atoms with Gasteiger partial charge in [-0.1, -0.05) is 0 Å². The van der Waals surface area contributed by atoms with Crippen molar-refractivity contribution in [1.29, 1.82) is 0 Å². The molecule has 9 nitrogen and oxygen atoms in total.